The summed E-state index contributed by atoms with van der Waals surface area (Å²) in [6.45, 7) is 2.88. The normalized spacial score (nSPS) is 11.4. The van der Waals surface area contributed by atoms with E-state index < -0.39 is 33.5 Å². The molecule has 7 nitrogen and oxygen atoms in total. The number of carboxylic acids is 1. The van der Waals surface area contributed by atoms with Crippen LogP contribution in [0.25, 0.3) is 0 Å². The Balaban J connectivity index is 0.000000585. The highest BCUT2D eigenvalue weighted by Gasteiger charge is 2.38. The molecule has 0 bridgehead atoms. The zero-order valence-corrected chi connectivity index (χ0v) is 12.8. The Morgan fingerprint density at radius 1 is 1.09 bits per heavy atom. The zero-order valence-electron chi connectivity index (χ0n) is 12.0. The monoisotopic (exact) mass is 357 g/mol. The first-order chi connectivity index (χ1) is 10.3. The maximum Gasteiger partial charge on any atom is 0.490 e. The van der Waals surface area contributed by atoms with Crippen molar-refractivity contribution >= 4 is 27.8 Å². The number of benzene rings is 1. The summed E-state index contributed by atoms with van der Waals surface area (Å²) in [5.41, 5.74) is 0.128. The lowest BCUT2D eigenvalue weighted by Crippen LogP contribution is -2.40. The summed E-state index contributed by atoms with van der Waals surface area (Å²) in [6, 6.07) is 7.73. The van der Waals surface area contributed by atoms with Gasteiger partial charge in [0.1, 0.15) is 0 Å². The molecule has 11 heteroatoms. The first kappa shape index (κ1) is 20.7. The Morgan fingerprint density at radius 3 is 1.74 bits per heavy atom. The topological polar surface area (TPSA) is 112 Å². The number of aliphatic carboxylic acids is 1. The first-order valence-electron chi connectivity index (χ1n) is 5.94. The Morgan fingerprint density at radius 2 is 1.48 bits per heavy atom. The van der Waals surface area contributed by atoms with E-state index in [2.05, 4.69) is 0 Å². The van der Waals surface area contributed by atoms with Crippen LogP contribution in [0.3, 0.4) is 0 Å². The number of nitrogens with zero attached hydrogens (tertiary/aromatic N) is 1. The van der Waals surface area contributed by atoms with E-state index in [4.69, 9.17) is 15.0 Å². The van der Waals surface area contributed by atoms with Gasteiger partial charge >= 0.3 is 18.2 Å². The molecule has 0 radical (unpaired) electrons. The fraction of sp³-hybridized carbons (Fsp3) is 0.333. The Kier molecular flexibility index (Phi) is 7.03. The number of anilines is 1. The van der Waals surface area contributed by atoms with Crippen molar-refractivity contribution in [2.75, 3.05) is 4.31 Å². The van der Waals surface area contributed by atoms with E-state index in [-0.39, 0.29) is 5.69 Å². The third-order valence-corrected chi connectivity index (χ3v) is 4.32. The average Bonchev–Trinajstić information content (AvgIpc) is 2.38. The van der Waals surface area contributed by atoms with Crippen molar-refractivity contribution in [2.45, 2.75) is 25.3 Å². The number of amides is 1. The van der Waals surface area contributed by atoms with Gasteiger partial charge in [-0.2, -0.15) is 17.5 Å². The van der Waals surface area contributed by atoms with Crippen LogP contribution in [0, 0.1) is 0 Å². The van der Waals surface area contributed by atoms with Crippen molar-refractivity contribution in [3.63, 3.8) is 0 Å². The molecule has 0 saturated carbocycles. The van der Waals surface area contributed by atoms with Crippen LogP contribution in [-0.4, -0.2) is 42.1 Å². The maximum absolute atomic E-state index is 11.8. The smallest absolute Gasteiger partial charge is 0.475 e. The third kappa shape index (κ3) is 6.14. The first-order valence-corrected chi connectivity index (χ1v) is 7.44. The average molecular weight is 357 g/mol. The number of alkyl halides is 3. The molecule has 0 aliphatic carbocycles. The van der Waals surface area contributed by atoms with Crippen molar-refractivity contribution in [1.82, 2.24) is 0 Å². The predicted octanol–water partition coefficient (Wildman–Crippen LogP) is 2.54. The fourth-order valence-corrected chi connectivity index (χ4v) is 2.20. The molecule has 0 aliphatic heterocycles. The zero-order chi connectivity index (χ0) is 18.4. The largest absolute Gasteiger partial charge is 0.490 e. The molecule has 0 atom stereocenters. The highest BCUT2D eigenvalue weighted by Crippen LogP contribution is 2.20. The summed E-state index contributed by atoms with van der Waals surface area (Å²) in [6.07, 6.45) is -6.58. The number of hydrogen-bond donors (Lipinski definition) is 2. The van der Waals surface area contributed by atoms with Gasteiger partial charge in [-0.1, -0.05) is 18.2 Å². The van der Waals surface area contributed by atoms with E-state index in [0.29, 0.717) is 4.31 Å². The summed E-state index contributed by atoms with van der Waals surface area (Å²) in [7, 11) is -3.86. The quantitative estimate of drug-likeness (QED) is 0.860. The highest BCUT2D eigenvalue weighted by molar-refractivity contribution is 7.94. The van der Waals surface area contributed by atoms with Crippen LogP contribution >= 0.6 is 0 Å². The molecule has 0 aliphatic rings. The molecule has 23 heavy (non-hydrogen) atoms. The van der Waals surface area contributed by atoms with Crippen LogP contribution in [0.5, 0.6) is 0 Å². The molecule has 0 heterocycles. The summed E-state index contributed by atoms with van der Waals surface area (Å²) >= 11 is 0. The van der Waals surface area contributed by atoms with Gasteiger partial charge in [-0.05, 0) is 26.0 Å². The van der Waals surface area contributed by atoms with Gasteiger partial charge in [0.25, 0.3) is 0 Å². The lowest BCUT2D eigenvalue weighted by atomic mass is 10.3. The van der Waals surface area contributed by atoms with E-state index >= 15 is 0 Å². The predicted molar refractivity (Wildman–Crippen MR) is 74.7 cm³/mol. The number of hydrogen-bond acceptors (Lipinski definition) is 4. The van der Waals surface area contributed by atoms with Crippen molar-refractivity contribution in [3.8, 4) is 0 Å². The van der Waals surface area contributed by atoms with E-state index in [1.54, 1.807) is 18.2 Å². The highest BCUT2D eigenvalue weighted by atomic mass is 32.2. The number of rotatable bonds is 3. The van der Waals surface area contributed by atoms with Crippen LogP contribution in [0.2, 0.25) is 0 Å². The molecule has 1 rings (SSSR count). The van der Waals surface area contributed by atoms with Gasteiger partial charge in [-0.15, -0.1) is 0 Å². The van der Waals surface area contributed by atoms with Gasteiger partial charge < -0.3 is 10.2 Å². The fourth-order valence-electron chi connectivity index (χ4n) is 1.14. The van der Waals surface area contributed by atoms with Gasteiger partial charge in [0, 0.05) is 0 Å². The molecule has 0 fully saturated rings. The van der Waals surface area contributed by atoms with E-state index in [1.807, 2.05) is 0 Å². The van der Waals surface area contributed by atoms with E-state index in [1.165, 1.54) is 26.0 Å². The second-order valence-electron chi connectivity index (χ2n) is 4.28. The van der Waals surface area contributed by atoms with Crippen LogP contribution in [0.4, 0.5) is 23.7 Å². The maximum atomic E-state index is 11.8. The Hall–Kier alpha value is -2.30. The minimum absolute atomic E-state index is 0.128. The van der Waals surface area contributed by atoms with Crippen LogP contribution < -0.4 is 4.31 Å². The lowest BCUT2D eigenvalue weighted by Gasteiger charge is -2.21. The number of sulfonamides is 1. The molecule has 1 aromatic carbocycles. The number of para-hydroxylation sites is 1. The SMILES string of the molecule is CC(C)S(=O)(=O)N(C(=O)O)c1ccccc1.O=C(O)C(F)(F)F. The number of carboxylic acid groups (broad SMARTS) is 2. The molecule has 1 amide bonds. The molecule has 0 aromatic heterocycles. The molecule has 0 spiro atoms. The summed E-state index contributed by atoms with van der Waals surface area (Å²) in [4.78, 5) is 19.9. The number of halogens is 3. The summed E-state index contributed by atoms with van der Waals surface area (Å²) < 4.78 is 55.8. The number of carbonyl (C=O) groups is 2. The van der Waals surface area contributed by atoms with Gasteiger partial charge in [0.05, 0.1) is 10.9 Å². The minimum Gasteiger partial charge on any atom is -0.475 e. The Labute approximate surface area is 130 Å². The van der Waals surface area contributed by atoms with Gasteiger partial charge in [-0.3, -0.25) is 0 Å². The molecule has 0 saturated heterocycles. The second kappa shape index (κ2) is 7.81. The summed E-state index contributed by atoms with van der Waals surface area (Å²) in [5.74, 6) is -2.76. The van der Waals surface area contributed by atoms with Gasteiger partial charge in [0.15, 0.2) is 0 Å². The summed E-state index contributed by atoms with van der Waals surface area (Å²) in [5, 5.41) is 15.3. The van der Waals surface area contributed by atoms with Crippen molar-refractivity contribution in [1.29, 1.82) is 0 Å². The molecular formula is C12H14F3NO6S. The Bertz CT molecular complexity index is 643. The van der Waals surface area contributed by atoms with Crippen LogP contribution in [0.15, 0.2) is 30.3 Å². The minimum atomic E-state index is -5.08. The molecule has 130 valence electrons. The molecular weight excluding hydrogens is 343 g/mol. The van der Waals surface area contributed by atoms with E-state index in [9.17, 15) is 26.4 Å². The molecule has 1 aromatic rings. The van der Waals surface area contributed by atoms with Gasteiger partial charge in [0.2, 0.25) is 10.0 Å². The van der Waals surface area contributed by atoms with Crippen LogP contribution in [-0.2, 0) is 14.8 Å². The molecule has 0 unspecified atom stereocenters. The van der Waals surface area contributed by atoms with Crippen molar-refractivity contribution in [3.05, 3.63) is 30.3 Å². The second-order valence-corrected chi connectivity index (χ2v) is 6.62. The van der Waals surface area contributed by atoms with Crippen LogP contribution in [0.1, 0.15) is 13.8 Å². The van der Waals surface area contributed by atoms with Crippen molar-refractivity contribution < 1.29 is 41.4 Å². The lowest BCUT2D eigenvalue weighted by molar-refractivity contribution is -0.192. The van der Waals surface area contributed by atoms with E-state index in [0.717, 1.165) is 0 Å². The van der Waals surface area contributed by atoms with Crippen molar-refractivity contribution in [2.24, 2.45) is 0 Å². The van der Waals surface area contributed by atoms with Gasteiger partial charge in [-0.25, -0.2) is 18.0 Å². The molecule has 2 N–H and O–H groups in total. The standard InChI is InChI=1S/C10H13NO4S.C2HF3O2/c1-8(2)16(14,15)11(10(12)13)9-6-4-3-5-7-9;3-2(4,5)1(6)7/h3-8H,1-2H3,(H,12,13);(H,6,7). The third-order valence-electron chi connectivity index (χ3n) is 2.26.